The van der Waals surface area contributed by atoms with Crippen molar-refractivity contribution < 1.29 is 14.3 Å². The number of methoxy groups -OCH3 is 1. The number of hydrogen-bond donors (Lipinski definition) is 1. The molecule has 0 unspecified atom stereocenters. The van der Waals surface area contributed by atoms with Gasteiger partial charge in [0.1, 0.15) is 12.8 Å². The lowest BCUT2D eigenvalue weighted by molar-refractivity contribution is -0.139. The first-order valence-corrected chi connectivity index (χ1v) is 3.13. The van der Waals surface area contributed by atoms with E-state index in [1.54, 1.807) is 6.92 Å². The van der Waals surface area contributed by atoms with Crippen molar-refractivity contribution in [2.75, 3.05) is 13.7 Å². The largest absolute Gasteiger partial charge is 0.468 e. The van der Waals surface area contributed by atoms with Crippen LogP contribution < -0.4 is 5.32 Å². The van der Waals surface area contributed by atoms with Crippen LogP contribution in [0.1, 0.15) is 6.92 Å². The second kappa shape index (κ2) is 5.46. The Labute approximate surface area is 65.2 Å². The van der Waals surface area contributed by atoms with Crippen LogP contribution in [0.5, 0.6) is 0 Å². The molecule has 0 saturated heterocycles. The fourth-order valence-electron chi connectivity index (χ4n) is 0.402. The molecule has 0 heterocycles. The Hall–Kier alpha value is -1.32. The lowest BCUT2D eigenvalue weighted by atomic mass is 10.4. The number of hydrogen-bond acceptors (Lipinski definition) is 4. The van der Waals surface area contributed by atoms with Gasteiger partial charge in [-0.3, -0.25) is 9.59 Å². The Morgan fingerprint density at radius 1 is 1.64 bits per heavy atom. The summed E-state index contributed by atoms with van der Waals surface area (Å²) < 4.78 is 4.35. The number of rotatable bonds is 4. The summed E-state index contributed by atoms with van der Waals surface area (Å²) in [6.07, 6.45) is 2.16. The first-order valence-electron chi connectivity index (χ1n) is 3.13. The Bertz CT molecular complexity index is 175. The van der Waals surface area contributed by atoms with Crippen molar-refractivity contribution in [3.05, 3.63) is 11.8 Å². The molecule has 4 heteroatoms. The quantitative estimate of drug-likeness (QED) is 0.350. The molecule has 0 rings (SSSR count). The lowest BCUT2D eigenvalue weighted by Gasteiger charge is -1.97. The van der Waals surface area contributed by atoms with Crippen LogP contribution in [0, 0.1) is 0 Å². The molecular formula is C7H11NO3. The summed E-state index contributed by atoms with van der Waals surface area (Å²) in [7, 11) is 1.31. The third-order valence-corrected chi connectivity index (χ3v) is 0.990. The van der Waals surface area contributed by atoms with Gasteiger partial charge in [0.15, 0.2) is 0 Å². The summed E-state index contributed by atoms with van der Waals surface area (Å²) in [5.74, 6) is -0.361. The zero-order valence-corrected chi connectivity index (χ0v) is 6.59. The minimum absolute atomic E-state index is 0.0850. The molecule has 0 atom stereocenters. The molecule has 0 aliphatic heterocycles. The summed E-state index contributed by atoms with van der Waals surface area (Å²) in [5, 5.41) is 2.62. The van der Waals surface area contributed by atoms with E-state index in [4.69, 9.17) is 0 Å². The Morgan fingerprint density at radius 2 is 2.27 bits per heavy atom. The molecular weight excluding hydrogens is 146 g/mol. The summed E-state index contributed by atoms with van der Waals surface area (Å²) in [5.41, 5.74) is 0.536. The topological polar surface area (TPSA) is 55.4 Å². The molecule has 0 saturated carbocycles. The van der Waals surface area contributed by atoms with E-state index in [1.807, 2.05) is 0 Å². The SMILES string of the molecule is COC(=O)CN/C=C(/C)C=O. The third-order valence-electron chi connectivity index (χ3n) is 0.990. The minimum atomic E-state index is -0.361. The van der Waals surface area contributed by atoms with Crippen molar-refractivity contribution in [3.8, 4) is 0 Å². The number of carbonyl (C=O) groups is 2. The van der Waals surface area contributed by atoms with Crippen LogP contribution in [0.3, 0.4) is 0 Å². The fraction of sp³-hybridized carbons (Fsp3) is 0.429. The predicted octanol–water partition coefficient (Wildman–Crippen LogP) is -0.148. The van der Waals surface area contributed by atoms with Gasteiger partial charge >= 0.3 is 5.97 Å². The standard InChI is InChI=1S/C7H11NO3/c1-6(5-9)3-8-4-7(10)11-2/h3,5,8H,4H2,1-2H3/b6-3-. The number of esters is 1. The van der Waals surface area contributed by atoms with Crippen molar-refractivity contribution in [2.24, 2.45) is 0 Å². The van der Waals surface area contributed by atoms with E-state index in [0.717, 1.165) is 0 Å². The highest BCUT2D eigenvalue weighted by Crippen LogP contribution is 1.81. The average Bonchev–Trinajstić information content (AvgIpc) is 2.04. The van der Waals surface area contributed by atoms with Gasteiger partial charge < -0.3 is 10.1 Å². The molecule has 0 bridgehead atoms. The summed E-state index contributed by atoms with van der Waals surface area (Å²) in [6.45, 7) is 1.72. The van der Waals surface area contributed by atoms with Crippen LogP contribution in [0.25, 0.3) is 0 Å². The monoisotopic (exact) mass is 157 g/mol. The molecule has 11 heavy (non-hydrogen) atoms. The van der Waals surface area contributed by atoms with E-state index in [0.29, 0.717) is 11.9 Å². The van der Waals surface area contributed by atoms with Crippen molar-refractivity contribution >= 4 is 12.3 Å². The highest BCUT2D eigenvalue weighted by Gasteiger charge is 1.94. The van der Waals surface area contributed by atoms with Crippen LogP contribution in [-0.4, -0.2) is 25.9 Å². The molecule has 0 fully saturated rings. The van der Waals surface area contributed by atoms with E-state index < -0.39 is 0 Å². The van der Waals surface area contributed by atoms with Crippen molar-refractivity contribution in [3.63, 3.8) is 0 Å². The maximum absolute atomic E-state index is 10.5. The average molecular weight is 157 g/mol. The molecule has 4 nitrogen and oxygen atoms in total. The third kappa shape index (κ3) is 5.14. The molecule has 0 aliphatic rings. The molecule has 0 aliphatic carbocycles. The Morgan fingerprint density at radius 3 is 2.73 bits per heavy atom. The maximum atomic E-state index is 10.5. The van der Waals surface area contributed by atoms with Crippen LogP contribution >= 0.6 is 0 Å². The highest BCUT2D eigenvalue weighted by molar-refractivity contribution is 5.73. The first-order chi connectivity index (χ1) is 5.20. The van der Waals surface area contributed by atoms with Crippen LogP contribution in [0.15, 0.2) is 11.8 Å². The molecule has 0 aromatic heterocycles. The Kier molecular flexibility index (Phi) is 4.81. The number of nitrogens with one attached hydrogen (secondary N) is 1. The summed E-state index contributed by atoms with van der Waals surface area (Å²) >= 11 is 0. The lowest BCUT2D eigenvalue weighted by Crippen LogP contribution is -2.19. The number of ether oxygens (including phenoxy) is 1. The van der Waals surface area contributed by atoms with E-state index >= 15 is 0 Å². The molecule has 0 spiro atoms. The van der Waals surface area contributed by atoms with Gasteiger partial charge in [-0.05, 0) is 6.92 Å². The second-order valence-corrected chi connectivity index (χ2v) is 1.96. The van der Waals surface area contributed by atoms with Gasteiger partial charge in [-0.15, -0.1) is 0 Å². The van der Waals surface area contributed by atoms with Crippen molar-refractivity contribution in [2.45, 2.75) is 6.92 Å². The van der Waals surface area contributed by atoms with Gasteiger partial charge in [0.05, 0.1) is 7.11 Å². The van der Waals surface area contributed by atoms with Gasteiger partial charge in [0.2, 0.25) is 0 Å². The minimum Gasteiger partial charge on any atom is -0.468 e. The maximum Gasteiger partial charge on any atom is 0.325 e. The first kappa shape index (κ1) is 9.68. The summed E-state index contributed by atoms with van der Waals surface area (Å²) in [4.78, 5) is 20.5. The van der Waals surface area contributed by atoms with Crippen LogP contribution in [-0.2, 0) is 14.3 Å². The second-order valence-electron chi connectivity index (χ2n) is 1.96. The van der Waals surface area contributed by atoms with Gasteiger partial charge in [0.25, 0.3) is 0 Å². The van der Waals surface area contributed by atoms with E-state index in [9.17, 15) is 9.59 Å². The van der Waals surface area contributed by atoms with E-state index in [2.05, 4.69) is 10.1 Å². The van der Waals surface area contributed by atoms with Crippen molar-refractivity contribution in [1.29, 1.82) is 0 Å². The molecule has 0 aromatic rings. The molecule has 62 valence electrons. The molecule has 1 N–H and O–H groups in total. The van der Waals surface area contributed by atoms with Crippen LogP contribution in [0.4, 0.5) is 0 Å². The van der Waals surface area contributed by atoms with Gasteiger partial charge in [-0.1, -0.05) is 0 Å². The van der Waals surface area contributed by atoms with E-state index in [-0.39, 0.29) is 12.5 Å². The van der Waals surface area contributed by atoms with Gasteiger partial charge in [0, 0.05) is 11.8 Å². The molecule has 0 radical (unpaired) electrons. The van der Waals surface area contributed by atoms with Gasteiger partial charge in [-0.25, -0.2) is 0 Å². The molecule has 0 aromatic carbocycles. The van der Waals surface area contributed by atoms with E-state index in [1.165, 1.54) is 13.3 Å². The zero-order chi connectivity index (χ0) is 8.69. The smallest absolute Gasteiger partial charge is 0.325 e. The number of carbonyl (C=O) groups excluding carboxylic acids is 2. The summed E-state index contributed by atoms with van der Waals surface area (Å²) in [6, 6.07) is 0. The normalized spacial score (nSPS) is 10.5. The predicted molar refractivity (Wildman–Crippen MR) is 39.8 cm³/mol. The van der Waals surface area contributed by atoms with Crippen molar-refractivity contribution in [1.82, 2.24) is 5.32 Å². The molecule has 0 amide bonds. The number of allylic oxidation sites excluding steroid dienone is 1. The number of aldehydes is 1. The fourth-order valence-corrected chi connectivity index (χ4v) is 0.402. The van der Waals surface area contributed by atoms with Crippen LogP contribution in [0.2, 0.25) is 0 Å². The van der Waals surface area contributed by atoms with Gasteiger partial charge in [-0.2, -0.15) is 0 Å². The highest BCUT2D eigenvalue weighted by atomic mass is 16.5. The zero-order valence-electron chi connectivity index (χ0n) is 6.59. The Balaban J connectivity index is 3.56.